The summed E-state index contributed by atoms with van der Waals surface area (Å²) in [6.45, 7) is 5.00. The van der Waals surface area contributed by atoms with Gasteiger partial charge in [-0.15, -0.1) is 0 Å². The van der Waals surface area contributed by atoms with Gasteiger partial charge in [-0.2, -0.15) is 0 Å². The van der Waals surface area contributed by atoms with Gasteiger partial charge in [0.25, 0.3) is 0 Å². The zero-order chi connectivity index (χ0) is 7.11. The molecule has 0 spiro atoms. The molecular formula is C7H15NO. The van der Waals surface area contributed by atoms with Gasteiger partial charge in [0.1, 0.15) is 0 Å². The van der Waals surface area contributed by atoms with Crippen LogP contribution in [0.1, 0.15) is 20.3 Å². The van der Waals surface area contributed by atoms with E-state index in [1.54, 1.807) is 0 Å². The molecule has 0 radical (unpaired) electrons. The van der Waals surface area contributed by atoms with Crippen LogP contribution in [0.25, 0.3) is 0 Å². The molecule has 0 bridgehead atoms. The zero-order valence-corrected chi connectivity index (χ0v) is 6.17. The lowest BCUT2D eigenvalue weighted by Crippen LogP contribution is -1.91. The highest BCUT2D eigenvalue weighted by atomic mass is 16.3. The first-order valence-corrected chi connectivity index (χ1v) is 3.36. The van der Waals surface area contributed by atoms with Gasteiger partial charge >= 0.3 is 0 Å². The second-order valence-corrected chi connectivity index (χ2v) is 2.44. The van der Waals surface area contributed by atoms with E-state index in [0.717, 1.165) is 6.42 Å². The highest BCUT2D eigenvalue weighted by molar-refractivity contribution is 5.57. The van der Waals surface area contributed by atoms with Crippen LogP contribution in [0.2, 0.25) is 0 Å². The molecule has 0 fully saturated rings. The minimum Gasteiger partial charge on any atom is -0.394 e. The number of aliphatic hydroxyl groups is 1. The van der Waals surface area contributed by atoms with E-state index in [0.29, 0.717) is 12.5 Å². The lowest BCUT2D eigenvalue weighted by atomic mass is 10.2. The Morgan fingerprint density at radius 3 is 2.67 bits per heavy atom. The maximum atomic E-state index is 8.32. The number of nitrogens with zero attached hydrogens (tertiary/aromatic N) is 1. The van der Waals surface area contributed by atoms with Crippen LogP contribution in [0.15, 0.2) is 4.99 Å². The molecule has 0 amide bonds. The van der Waals surface area contributed by atoms with E-state index in [9.17, 15) is 0 Å². The van der Waals surface area contributed by atoms with Crippen molar-refractivity contribution in [3.63, 3.8) is 0 Å². The SMILES string of the molecule is CC(C)CC=NCCO. The minimum atomic E-state index is 0.161. The van der Waals surface area contributed by atoms with Crippen LogP contribution in [0.4, 0.5) is 0 Å². The Morgan fingerprint density at radius 1 is 1.56 bits per heavy atom. The fourth-order valence-corrected chi connectivity index (χ4v) is 0.434. The van der Waals surface area contributed by atoms with Gasteiger partial charge in [0.05, 0.1) is 13.2 Å². The third-order valence-corrected chi connectivity index (χ3v) is 0.935. The molecule has 0 saturated carbocycles. The van der Waals surface area contributed by atoms with Crippen molar-refractivity contribution in [1.29, 1.82) is 0 Å². The van der Waals surface area contributed by atoms with Crippen LogP contribution in [-0.4, -0.2) is 24.5 Å². The van der Waals surface area contributed by atoms with E-state index in [2.05, 4.69) is 18.8 Å². The fraction of sp³-hybridized carbons (Fsp3) is 0.857. The summed E-state index contributed by atoms with van der Waals surface area (Å²) in [7, 11) is 0. The molecule has 0 rings (SSSR count). The van der Waals surface area contributed by atoms with Crippen LogP contribution >= 0.6 is 0 Å². The Kier molecular flexibility index (Phi) is 5.52. The quantitative estimate of drug-likeness (QED) is 0.566. The van der Waals surface area contributed by atoms with Gasteiger partial charge < -0.3 is 5.11 Å². The molecule has 0 heterocycles. The molecule has 0 aromatic heterocycles. The largest absolute Gasteiger partial charge is 0.394 e. The predicted octanol–water partition coefficient (Wildman–Crippen LogP) is 1.10. The van der Waals surface area contributed by atoms with E-state index in [1.165, 1.54) is 0 Å². The van der Waals surface area contributed by atoms with E-state index < -0.39 is 0 Å². The maximum Gasteiger partial charge on any atom is 0.0626 e. The highest BCUT2D eigenvalue weighted by Gasteiger charge is 1.86. The van der Waals surface area contributed by atoms with Crippen molar-refractivity contribution in [3.05, 3.63) is 0 Å². The predicted molar refractivity (Wildman–Crippen MR) is 39.9 cm³/mol. The molecule has 0 aliphatic heterocycles. The van der Waals surface area contributed by atoms with Crippen LogP contribution < -0.4 is 0 Å². The number of aliphatic hydroxyl groups excluding tert-OH is 1. The summed E-state index contributed by atoms with van der Waals surface area (Å²) < 4.78 is 0. The first-order chi connectivity index (χ1) is 4.27. The topological polar surface area (TPSA) is 32.6 Å². The van der Waals surface area contributed by atoms with Crippen LogP contribution in [0.3, 0.4) is 0 Å². The van der Waals surface area contributed by atoms with Crippen LogP contribution in [0, 0.1) is 5.92 Å². The van der Waals surface area contributed by atoms with Crippen molar-refractivity contribution < 1.29 is 5.11 Å². The molecule has 0 aliphatic rings. The summed E-state index contributed by atoms with van der Waals surface area (Å²) >= 11 is 0. The van der Waals surface area contributed by atoms with Crippen molar-refractivity contribution in [3.8, 4) is 0 Å². The average molecular weight is 129 g/mol. The lowest BCUT2D eigenvalue weighted by molar-refractivity contribution is 0.307. The summed E-state index contributed by atoms with van der Waals surface area (Å²) in [5.74, 6) is 0.674. The average Bonchev–Trinajstić information content (AvgIpc) is 1.80. The lowest BCUT2D eigenvalue weighted by Gasteiger charge is -1.94. The summed E-state index contributed by atoms with van der Waals surface area (Å²) in [5.41, 5.74) is 0. The Hall–Kier alpha value is -0.370. The Labute approximate surface area is 56.6 Å². The highest BCUT2D eigenvalue weighted by Crippen LogP contribution is 1.94. The van der Waals surface area contributed by atoms with Crippen molar-refractivity contribution in [2.24, 2.45) is 10.9 Å². The van der Waals surface area contributed by atoms with Gasteiger partial charge in [0.2, 0.25) is 0 Å². The first kappa shape index (κ1) is 8.63. The van der Waals surface area contributed by atoms with Crippen LogP contribution in [-0.2, 0) is 0 Å². The van der Waals surface area contributed by atoms with Gasteiger partial charge in [0.15, 0.2) is 0 Å². The minimum absolute atomic E-state index is 0.161. The zero-order valence-electron chi connectivity index (χ0n) is 6.17. The summed E-state index contributed by atoms with van der Waals surface area (Å²) in [6.07, 6.45) is 2.89. The molecule has 0 aromatic carbocycles. The maximum absolute atomic E-state index is 8.32. The van der Waals surface area contributed by atoms with E-state index in [-0.39, 0.29) is 6.61 Å². The summed E-state index contributed by atoms with van der Waals surface area (Å²) in [5, 5.41) is 8.32. The number of aliphatic imine (C=N–C) groups is 1. The molecule has 0 atom stereocenters. The molecule has 0 aromatic rings. The number of hydrogen-bond acceptors (Lipinski definition) is 2. The number of rotatable bonds is 4. The molecule has 0 aliphatic carbocycles. The van der Waals surface area contributed by atoms with Gasteiger partial charge in [-0.05, 0) is 18.6 Å². The van der Waals surface area contributed by atoms with E-state index >= 15 is 0 Å². The molecule has 1 N–H and O–H groups in total. The van der Waals surface area contributed by atoms with Crippen LogP contribution in [0.5, 0.6) is 0 Å². The number of hydrogen-bond donors (Lipinski definition) is 1. The third kappa shape index (κ3) is 7.63. The standard InChI is InChI=1S/C7H15NO/c1-7(2)3-4-8-5-6-9/h4,7,9H,3,5-6H2,1-2H3. The fourth-order valence-electron chi connectivity index (χ4n) is 0.434. The molecule has 54 valence electrons. The van der Waals surface area contributed by atoms with Crippen molar-refractivity contribution in [1.82, 2.24) is 0 Å². The van der Waals surface area contributed by atoms with E-state index in [4.69, 9.17) is 5.11 Å². The normalized spacial score (nSPS) is 11.6. The Balaban J connectivity index is 3.04. The van der Waals surface area contributed by atoms with E-state index in [1.807, 2.05) is 6.21 Å². The molecule has 0 unspecified atom stereocenters. The molecule has 0 saturated heterocycles. The molecule has 2 nitrogen and oxygen atoms in total. The van der Waals surface area contributed by atoms with Gasteiger partial charge in [-0.3, -0.25) is 4.99 Å². The monoisotopic (exact) mass is 129 g/mol. The molecule has 2 heteroatoms. The van der Waals surface area contributed by atoms with Gasteiger partial charge in [-0.1, -0.05) is 13.8 Å². The van der Waals surface area contributed by atoms with Crippen molar-refractivity contribution in [2.75, 3.05) is 13.2 Å². The second kappa shape index (κ2) is 5.76. The first-order valence-electron chi connectivity index (χ1n) is 3.36. The Bertz CT molecular complexity index is 79.0. The Morgan fingerprint density at radius 2 is 2.22 bits per heavy atom. The smallest absolute Gasteiger partial charge is 0.0626 e. The molecule has 9 heavy (non-hydrogen) atoms. The van der Waals surface area contributed by atoms with Gasteiger partial charge in [-0.25, -0.2) is 0 Å². The van der Waals surface area contributed by atoms with Crippen molar-refractivity contribution in [2.45, 2.75) is 20.3 Å². The summed E-state index contributed by atoms with van der Waals surface area (Å²) in [4.78, 5) is 3.96. The third-order valence-electron chi connectivity index (χ3n) is 0.935. The summed E-state index contributed by atoms with van der Waals surface area (Å²) in [6, 6.07) is 0. The second-order valence-electron chi connectivity index (χ2n) is 2.44. The van der Waals surface area contributed by atoms with Crippen molar-refractivity contribution >= 4 is 6.21 Å². The van der Waals surface area contributed by atoms with Gasteiger partial charge in [0, 0.05) is 0 Å². The molecular weight excluding hydrogens is 114 g/mol.